The number of aromatic nitrogens is 2. The van der Waals surface area contributed by atoms with E-state index in [0.717, 1.165) is 10.0 Å². The zero-order chi connectivity index (χ0) is 11.8. The molecule has 0 saturated heterocycles. The second-order valence-electron chi connectivity index (χ2n) is 3.81. The molecule has 0 unspecified atom stereocenters. The van der Waals surface area contributed by atoms with Crippen molar-refractivity contribution in [3.63, 3.8) is 0 Å². The molecule has 2 rings (SSSR count). The summed E-state index contributed by atoms with van der Waals surface area (Å²) < 4.78 is 0. The maximum absolute atomic E-state index is 11.1. The number of thiazole rings is 2. The third-order valence-electron chi connectivity index (χ3n) is 2.29. The number of nitrogens with zero attached hydrogens (tertiary/aromatic N) is 2. The van der Waals surface area contributed by atoms with Crippen LogP contribution in [-0.4, -0.2) is 21.0 Å². The van der Waals surface area contributed by atoms with E-state index in [2.05, 4.69) is 9.97 Å². The van der Waals surface area contributed by atoms with E-state index in [4.69, 9.17) is 5.11 Å². The van der Waals surface area contributed by atoms with Gasteiger partial charge in [-0.15, -0.1) is 22.7 Å². The predicted molar refractivity (Wildman–Crippen MR) is 63.9 cm³/mol. The largest absolute Gasteiger partial charge is 0.481 e. The highest BCUT2D eigenvalue weighted by molar-refractivity contribution is 7.19. The van der Waals surface area contributed by atoms with Crippen LogP contribution in [0.25, 0.3) is 10.0 Å². The van der Waals surface area contributed by atoms with E-state index in [1.165, 1.54) is 22.7 Å². The number of aliphatic carboxylic acids is 1. The van der Waals surface area contributed by atoms with Gasteiger partial charge >= 0.3 is 5.97 Å². The van der Waals surface area contributed by atoms with Crippen molar-refractivity contribution in [3.8, 4) is 10.0 Å². The number of rotatable bonds is 3. The van der Waals surface area contributed by atoms with Crippen LogP contribution in [-0.2, 0) is 10.2 Å². The molecule has 0 fully saturated rings. The van der Waals surface area contributed by atoms with Gasteiger partial charge < -0.3 is 5.11 Å². The van der Waals surface area contributed by atoms with Crippen LogP contribution in [0.4, 0.5) is 0 Å². The maximum Gasteiger partial charge on any atom is 0.315 e. The molecule has 16 heavy (non-hydrogen) atoms. The molecule has 1 N–H and O–H groups in total. The summed E-state index contributed by atoms with van der Waals surface area (Å²) in [6, 6.07) is 0. The molecule has 0 spiro atoms. The Hall–Kier alpha value is -1.27. The zero-order valence-electron chi connectivity index (χ0n) is 8.80. The van der Waals surface area contributed by atoms with Crippen molar-refractivity contribution >= 4 is 28.6 Å². The molecule has 0 aliphatic rings. The van der Waals surface area contributed by atoms with Crippen molar-refractivity contribution in [2.75, 3.05) is 0 Å². The van der Waals surface area contributed by atoms with Gasteiger partial charge in [0, 0.05) is 17.0 Å². The summed E-state index contributed by atoms with van der Waals surface area (Å²) in [5.74, 6) is -0.872. The van der Waals surface area contributed by atoms with Crippen molar-refractivity contribution in [1.29, 1.82) is 0 Å². The third kappa shape index (κ3) is 1.85. The molecule has 2 aromatic heterocycles. The van der Waals surface area contributed by atoms with E-state index < -0.39 is 11.4 Å². The summed E-state index contributed by atoms with van der Waals surface area (Å²) in [5, 5.41) is 14.4. The van der Waals surface area contributed by atoms with Crippen LogP contribution < -0.4 is 0 Å². The predicted octanol–water partition coefficient (Wildman–Crippen LogP) is 2.63. The summed E-state index contributed by atoms with van der Waals surface area (Å²) in [6.45, 7) is 3.30. The first kappa shape index (κ1) is 11.2. The van der Waals surface area contributed by atoms with E-state index in [0.29, 0.717) is 5.69 Å². The van der Waals surface area contributed by atoms with Gasteiger partial charge in [0.25, 0.3) is 0 Å². The highest BCUT2D eigenvalue weighted by Gasteiger charge is 2.32. The average Bonchev–Trinajstić information content (AvgIpc) is 2.88. The summed E-state index contributed by atoms with van der Waals surface area (Å²) >= 11 is 2.92. The first-order valence-electron chi connectivity index (χ1n) is 4.61. The topological polar surface area (TPSA) is 63.1 Å². The Balaban J connectivity index is 2.37. The lowest BCUT2D eigenvalue weighted by Gasteiger charge is -2.15. The Labute approximate surface area is 101 Å². The minimum atomic E-state index is -0.952. The molecule has 0 saturated carbocycles. The van der Waals surface area contributed by atoms with E-state index in [1.54, 1.807) is 25.4 Å². The zero-order valence-corrected chi connectivity index (χ0v) is 10.4. The fraction of sp³-hybridized carbons (Fsp3) is 0.300. The van der Waals surface area contributed by atoms with Gasteiger partial charge in [-0.3, -0.25) is 4.79 Å². The number of carboxylic acid groups (broad SMARTS) is 1. The standard InChI is InChI=1S/C10H10N2O2S2/c1-10(2,9(13)14)6-5-16-8(12-6)7-11-3-4-15-7/h3-5H,1-2H3,(H,13,14). The fourth-order valence-corrected chi connectivity index (χ4v) is 2.78. The monoisotopic (exact) mass is 254 g/mol. The van der Waals surface area contributed by atoms with Crippen molar-refractivity contribution in [3.05, 3.63) is 22.7 Å². The molecule has 0 aromatic carbocycles. The molecular weight excluding hydrogens is 244 g/mol. The first-order chi connectivity index (χ1) is 7.51. The van der Waals surface area contributed by atoms with Gasteiger partial charge in [-0.05, 0) is 13.8 Å². The minimum absolute atomic E-state index is 0.579. The molecule has 2 heterocycles. The number of hydrogen-bond acceptors (Lipinski definition) is 5. The maximum atomic E-state index is 11.1. The highest BCUT2D eigenvalue weighted by Crippen LogP contribution is 2.30. The molecule has 0 atom stereocenters. The highest BCUT2D eigenvalue weighted by atomic mass is 32.1. The molecule has 4 nitrogen and oxygen atoms in total. The molecule has 0 aliphatic heterocycles. The second-order valence-corrected chi connectivity index (χ2v) is 5.56. The molecule has 0 amide bonds. The van der Waals surface area contributed by atoms with Gasteiger partial charge in [0.15, 0.2) is 10.0 Å². The summed E-state index contributed by atoms with van der Waals surface area (Å²) in [6.07, 6.45) is 1.71. The molecule has 0 radical (unpaired) electrons. The Morgan fingerprint density at radius 1 is 1.38 bits per heavy atom. The summed E-state index contributed by atoms with van der Waals surface area (Å²) in [4.78, 5) is 19.5. The quantitative estimate of drug-likeness (QED) is 0.914. The van der Waals surface area contributed by atoms with Crippen LogP contribution >= 0.6 is 22.7 Å². The van der Waals surface area contributed by atoms with Gasteiger partial charge in [0.05, 0.1) is 5.69 Å². The smallest absolute Gasteiger partial charge is 0.315 e. The van der Waals surface area contributed by atoms with Crippen LogP contribution in [0.3, 0.4) is 0 Å². The Bertz CT molecular complexity index is 503. The lowest BCUT2D eigenvalue weighted by atomic mass is 9.90. The number of carbonyl (C=O) groups is 1. The van der Waals surface area contributed by atoms with Gasteiger partial charge in [0.1, 0.15) is 5.41 Å². The van der Waals surface area contributed by atoms with Crippen molar-refractivity contribution in [2.45, 2.75) is 19.3 Å². The van der Waals surface area contributed by atoms with Crippen molar-refractivity contribution < 1.29 is 9.90 Å². The fourth-order valence-electron chi connectivity index (χ4n) is 1.10. The van der Waals surface area contributed by atoms with Crippen molar-refractivity contribution in [2.24, 2.45) is 0 Å². The molecule has 6 heteroatoms. The van der Waals surface area contributed by atoms with Gasteiger partial charge in [-0.25, -0.2) is 9.97 Å². The van der Waals surface area contributed by atoms with Gasteiger partial charge in [0.2, 0.25) is 0 Å². The lowest BCUT2D eigenvalue weighted by molar-refractivity contribution is -0.142. The minimum Gasteiger partial charge on any atom is -0.481 e. The summed E-state index contributed by atoms with van der Waals surface area (Å²) in [5.41, 5.74) is -0.373. The number of hydrogen-bond donors (Lipinski definition) is 1. The van der Waals surface area contributed by atoms with E-state index in [1.807, 2.05) is 5.38 Å². The molecule has 0 bridgehead atoms. The Morgan fingerprint density at radius 2 is 2.12 bits per heavy atom. The molecule has 84 valence electrons. The first-order valence-corrected chi connectivity index (χ1v) is 6.37. The Kier molecular flexibility index (Phi) is 2.77. The van der Waals surface area contributed by atoms with Crippen LogP contribution in [0.15, 0.2) is 17.0 Å². The normalized spacial score (nSPS) is 11.6. The average molecular weight is 254 g/mol. The van der Waals surface area contributed by atoms with Crippen LogP contribution in [0.5, 0.6) is 0 Å². The molecule has 2 aromatic rings. The van der Waals surface area contributed by atoms with Crippen LogP contribution in [0, 0.1) is 0 Å². The van der Waals surface area contributed by atoms with E-state index >= 15 is 0 Å². The van der Waals surface area contributed by atoms with E-state index in [-0.39, 0.29) is 0 Å². The van der Waals surface area contributed by atoms with Crippen molar-refractivity contribution in [1.82, 2.24) is 9.97 Å². The summed E-state index contributed by atoms with van der Waals surface area (Å²) in [7, 11) is 0. The van der Waals surface area contributed by atoms with Gasteiger partial charge in [-0.1, -0.05) is 0 Å². The Morgan fingerprint density at radius 3 is 2.69 bits per heavy atom. The lowest BCUT2D eigenvalue weighted by Crippen LogP contribution is -2.28. The van der Waals surface area contributed by atoms with E-state index in [9.17, 15) is 4.79 Å². The molecule has 0 aliphatic carbocycles. The number of carboxylic acids is 1. The van der Waals surface area contributed by atoms with Crippen LogP contribution in [0.2, 0.25) is 0 Å². The molecular formula is C10H10N2O2S2. The SMILES string of the molecule is CC(C)(C(=O)O)c1csc(-c2nccs2)n1. The second kappa shape index (κ2) is 3.95. The van der Waals surface area contributed by atoms with Gasteiger partial charge in [-0.2, -0.15) is 0 Å². The third-order valence-corrected chi connectivity index (χ3v) is 4.05. The van der Waals surface area contributed by atoms with Crippen LogP contribution in [0.1, 0.15) is 19.5 Å².